The van der Waals surface area contributed by atoms with Gasteiger partial charge in [-0.15, -0.1) is 0 Å². The molecule has 0 atom stereocenters. The molecule has 3 rings (SSSR count). The minimum Gasteiger partial charge on any atom is -0.469 e. The number of nitriles is 1. The van der Waals surface area contributed by atoms with Gasteiger partial charge in [0.1, 0.15) is 18.4 Å². The van der Waals surface area contributed by atoms with E-state index >= 15 is 0 Å². The van der Waals surface area contributed by atoms with Crippen LogP contribution in [0, 0.1) is 11.3 Å². The van der Waals surface area contributed by atoms with Crippen LogP contribution < -0.4 is 4.74 Å². The van der Waals surface area contributed by atoms with Crippen molar-refractivity contribution in [1.82, 2.24) is 4.98 Å². The fourth-order valence-corrected chi connectivity index (χ4v) is 1.86. The van der Waals surface area contributed by atoms with Crippen LogP contribution in [0.1, 0.15) is 11.3 Å². The van der Waals surface area contributed by atoms with E-state index in [1.807, 2.05) is 30.3 Å². The standard InChI is InChI=1S/C15H10N2O2/c16-9-11-8-15(19-10-12-4-3-7-18-12)17-14-6-2-1-5-13(11)14/h1-8H,10H2. The van der Waals surface area contributed by atoms with E-state index in [1.54, 1.807) is 18.4 Å². The summed E-state index contributed by atoms with van der Waals surface area (Å²) in [7, 11) is 0. The maximum atomic E-state index is 9.16. The Bertz CT molecular complexity index is 742. The third kappa shape index (κ3) is 2.26. The number of hydrogen-bond acceptors (Lipinski definition) is 4. The van der Waals surface area contributed by atoms with Gasteiger partial charge in [0.25, 0.3) is 0 Å². The third-order valence-corrected chi connectivity index (χ3v) is 2.76. The first-order valence-corrected chi connectivity index (χ1v) is 5.82. The van der Waals surface area contributed by atoms with Crippen LogP contribution in [0.2, 0.25) is 0 Å². The van der Waals surface area contributed by atoms with Gasteiger partial charge in [-0.2, -0.15) is 5.26 Å². The van der Waals surface area contributed by atoms with Crippen molar-refractivity contribution in [3.63, 3.8) is 0 Å². The van der Waals surface area contributed by atoms with Gasteiger partial charge in [-0.05, 0) is 18.2 Å². The Labute approximate surface area is 109 Å². The average Bonchev–Trinajstić information content (AvgIpc) is 2.97. The number of furan rings is 1. The number of rotatable bonds is 3. The Morgan fingerprint density at radius 2 is 2.11 bits per heavy atom. The van der Waals surface area contributed by atoms with E-state index < -0.39 is 0 Å². The molecule has 0 N–H and O–H groups in total. The van der Waals surface area contributed by atoms with Crippen molar-refractivity contribution in [2.24, 2.45) is 0 Å². The van der Waals surface area contributed by atoms with Crippen LogP contribution in [0.15, 0.2) is 53.1 Å². The zero-order valence-electron chi connectivity index (χ0n) is 10.0. The Kier molecular flexibility index (Phi) is 2.87. The number of para-hydroxylation sites is 1. The summed E-state index contributed by atoms with van der Waals surface area (Å²) < 4.78 is 10.7. The maximum Gasteiger partial charge on any atom is 0.215 e. The van der Waals surface area contributed by atoms with Crippen LogP contribution in [0.25, 0.3) is 10.9 Å². The summed E-state index contributed by atoms with van der Waals surface area (Å²) in [6.07, 6.45) is 1.59. The summed E-state index contributed by atoms with van der Waals surface area (Å²) in [5, 5.41) is 9.99. The zero-order valence-corrected chi connectivity index (χ0v) is 10.0. The van der Waals surface area contributed by atoms with Gasteiger partial charge in [-0.3, -0.25) is 0 Å². The van der Waals surface area contributed by atoms with Crippen LogP contribution in [-0.4, -0.2) is 4.98 Å². The van der Waals surface area contributed by atoms with Crippen molar-refractivity contribution in [2.45, 2.75) is 6.61 Å². The highest BCUT2D eigenvalue weighted by Crippen LogP contribution is 2.21. The minimum absolute atomic E-state index is 0.295. The monoisotopic (exact) mass is 250 g/mol. The Morgan fingerprint density at radius 3 is 2.89 bits per heavy atom. The lowest BCUT2D eigenvalue weighted by atomic mass is 10.1. The topological polar surface area (TPSA) is 59.0 Å². The first-order valence-electron chi connectivity index (χ1n) is 5.82. The largest absolute Gasteiger partial charge is 0.469 e. The molecule has 4 nitrogen and oxygen atoms in total. The van der Waals surface area contributed by atoms with Crippen molar-refractivity contribution in [3.8, 4) is 11.9 Å². The van der Waals surface area contributed by atoms with Gasteiger partial charge in [-0.1, -0.05) is 18.2 Å². The van der Waals surface area contributed by atoms with Crippen molar-refractivity contribution in [1.29, 1.82) is 5.26 Å². The second-order valence-corrected chi connectivity index (χ2v) is 4.01. The Hall–Kier alpha value is -2.80. The number of nitrogens with zero attached hydrogens (tertiary/aromatic N) is 2. The van der Waals surface area contributed by atoms with E-state index in [9.17, 15) is 0 Å². The van der Waals surface area contributed by atoms with Gasteiger partial charge in [0.15, 0.2) is 0 Å². The van der Waals surface area contributed by atoms with Gasteiger partial charge < -0.3 is 9.15 Å². The molecule has 0 unspecified atom stereocenters. The van der Waals surface area contributed by atoms with E-state index in [2.05, 4.69) is 11.1 Å². The first-order chi connectivity index (χ1) is 9.36. The summed E-state index contributed by atoms with van der Waals surface area (Å²) in [5.41, 5.74) is 1.30. The van der Waals surface area contributed by atoms with Crippen molar-refractivity contribution < 1.29 is 9.15 Å². The van der Waals surface area contributed by atoms with Crippen molar-refractivity contribution >= 4 is 10.9 Å². The highest BCUT2D eigenvalue weighted by molar-refractivity contribution is 5.85. The Balaban J connectivity index is 1.94. The molecule has 0 fully saturated rings. The van der Waals surface area contributed by atoms with Gasteiger partial charge in [0.2, 0.25) is 5.88 Å². The second-order valence-electron chi connectivity index (χ2n) is 4.01. The molecule has 0 saturated carbocycles. The summed E-state index contributed by atoms with van der Waals surface area (Å²) in [5.74, 6) is 1.14. The maximum absolute atomic E-state index is 9.16. The fourth-order valence-electron chi connectivity index (χ4n) is 1.86. The van der Waals surface area contributed by atoms with Crippen LogP contribution in [0.3, 0.4) is 0 Å². The molecular formula is C15H10N2O2. The summed E-state index contributed by atoms with van der Waals surface area (Å²) >= 11 is 0. The number of ether oxygens (including phenoxy) is 1. The molecule has 2 heterocycles. The van der Waals surface area contributed by atoms with Crippen LogP contribution in [0.4, 0.5) is 0 Å². The smallest absolute Gasteiger partial charge is 0.215 e. The fraction of sp³-hybridized carbons (Fsp3) is 0.0667. The molecule has 0 spiro atoms. The van der Waals surface area contributed by atoms with E-state index in [-0.39, 0.29) is 0 Å². The lowest BCUT2D eigenvalue weighted by Gasteiger charge is -2.06. The molecule has 0 aliphatic heterocycles. The summed E-state index contributed by atoms with van der Waals surface area (Å²) in [6.45, 7) is 0.295. The normalized spacial score (nSPS) is 10.3. The molecule has 0 saturated heterocycles. The van der Waals surface area contributed by atoms with Crippen LogP contribution in [-0.2, 0) is 6.61 Å². The highest BCUT2D eigenvalue weighted by atomic mass is 16.5. The third-order valence-electron chi connectivity index (χ3n) is 2.76. The molecule has 19 heavy (non-hydrogen) atoms. The zero-order chi connectivity index (χ0) is 13.1. The molecule has 0 radical (unpaired) electrons. The highest BCUT2D eigenvalue weighted by Gasteiger charge is 2.06. The van der Waals surface area contributed by atoms with Crippen LogP contribution in [0.5, 0.6) is 5.88 Å². The lowest BCUT2D eigenvalue weighted by molar-refractivity contribution is 0.261. The summed E-state index contributed by atoms with van der Waals surface area (Å²) in [4.78, 5) is 4.37. The molecule has 2 aromatic heterocycles. The van der Waals surface area contributed by atoms with E-state index in [0.717, 1.165) is 10.9 Å². The average molecular weight is 250 g/mol. The van der Waals surface area contributed by atoms with Gasteiger partial charge in [0.05, 0.1) is 17.3 Å². The molecule has 1 aromatic carbocycles. The van der Waals surface area contributed by atoms with E-state index in [4.69, 9.17) is 14.4 Å². The first kappa shape index (κ1) is 11.3. The van der Waals surface area contributed by atoms with Crippen molar-refractivity contribution in [2.75, 3.05) is 0 Å². The molecule has 0 aliphatic carbocycles. The van der Waals surface area contributed by atoms with E-state index in [1.165, 1.54) is 0 Å². The number of fused-ring (bicyclic) bond motifs is 1. The summed E-state index contributed by atoms with van der Waals surface area (Å²) in [6, 6.07) is 14.9. The number of benzene rings is 1. The van der Waals surface area contributed by atoms with Gasteiger partial charge >= 0.3 is 0 Å². The SMILES string of the molecule is N#Cc1cc(OCc2ccco2)nc2ccccc12. The van der Waals surface area contributed by atoms with Gasteiger partial charge in [0, 0.05) is 11.5 Å². The second kappa shape index (κ2) is 4.83. The predicted molar refractivity (Wildman–Crippen MR) is 69.5 cm³/mol. The molecule has 3 aromatic rings. The predicted octanol–water partition coefficient (Wildman–Crippen LogP) is 3.28. The van der Waals surface area contributed by atoms with Crippen molar-refractivity contribution in [3.05, 3.63) is 60.1 Å². The minimum atomic E-state index is 0.295. The molecule has 0 amide bonds. The number of pyridine rings is 1. The number of aromatic nitrogens is 1. The molecule has 0 bridgehead atoms. The molecule has 0 aliphatic rings. The Morgan fingerprint density at radius 1 is 1.21 bits per heavy atom. The van der Waals surface area contributed by atoms with Gasteiger partial charge in [-0.25, -0.2) is 4.98 Å². The molecular weight excluding hydrogens is 240 g/mol. The lowest BCUT2D eigenvalue weighted by Crippen LogP contribution is -1.97. The van der Waals surface area contributed by atoms with E-state index in [0.29, 0.717) is 23.8 Å². The quantitative estimate of drug-likeness (QED) is 0.715. The van der Waals surface area contributed by atoms with Crippen LogP contribution >= 0.6 is 0 Å². The number of hydrogen-bond donors (Lipinski definition) is 0. The molecule has 92 valence electrons. The molecule has 4 heteroatoms.